The Morgan fingerprint density at radius 3 is 2.74 bits per heavy atom. The van der Waals surface area contributed by atoms with E-state index in [0.717, 1.165) is 33.9 Å². The maximum Gasteiger partial charge on any atom is 0.203 e. The van der Waals surface area contributed by atoms with Crippen LogP contribution in [0.25, 0.3) is 10.4 Å². The zero-order chi connectivity index (χ0) is 18.5. The number of aromatic nitrogens is 1. The van der Waals surface area contributed by atoms with E-state index in [-0.39, 0.29) is 0 Å². The van der Waals surface area contributed by atoms with Gasteiger partial charge in [0.25, 0.3) is 0 Å². The highest BCUT2D eigenvalue weighted by Gasteiger charge is 2.12. The zero-order valence-corrected chi connectivity index (χ0v) is 15.2. The fourth-order valence-corrected chi connectivity index (χ4v) is 3.34. The molecule has 6 nitrogen and oxygen atoms in total. The smallest absolute Gasteiger partial charge is 0.203 e. The van der Waals surface area contributed by atoms with Gasteiger partial charge in [-0.05, 0) is 41.5 Å². The second-order valence-electron chi connectivity index (χ2n) is 5.85. The normalized spacial score (nSPS) is 13.1. The summed E-state index contributed by atoms with van der Waals surface area (Å²) in [6.07, 6.45) is 4.38. The van der Waals surface area contributed by atoms with Crippen LogP contribution in [-0.2, 0) is 0 Å². The van der Waals surface area contributed by atoms with Crippen LogP contribution in [0.2, 0.25) is 0 Å². The third kappa shape index (κ3) is 4.07. The summed E-state index contributed by atoms with van der Waals surface area (Å²) in [4.78, 5) is 5.38. The lowest BCUT2D eigenvalue weighted by molar-refractivity contribution is 0.297. The van der Waals surface area contributed by atoms with E-state index in [1.54, 1.807) is 18.3 Å². The molecule has 0 aliphatic carbocycles. The first-order chi connectivity index (χ1) is 13.3. The van der Waals surface area contributed by atoms with Crippen molar-refractivity contribution < 1.29 is 9.47 Å². The Hall–Kier alpha value is -3.37. The lowest BCUT2D eigenvalue weighted by Crippen LogP contribution is -1.97. The van der Waals surface area contributed by atoms with Gasteiger partial charge in [0.2, 0.25) is 5.13 Å². The van der Waals surface area contributed by atoms with Crippen LogP contribution in [0.5, 0.6) is 11.5 Å². The largest absolute Gasteiger partial charge is 0.490 e. The van der Waals surface area contributed by atoms with E-state index in [2.05, 4.69) is 21.6 Å². The number of fused-ring (bicyclic) bond motifs is 1. The number of hydrogen-bond donors (Lipinski definition) is 1. The van der Waals surface area contributed by atoms with Crippen LogP contribution in [0.4, 0.5) is 5.13 Å². The highest BCUT2D eigenvalue weighted by molar-refractivity contribution is 7.18. The Labute approximate surface area is 160 Å². The predicted octanol–water partition coefficient (Wildman–Crippen LogP) is 4.29. The van der Waals surface area contributed by atoms with Crippen LogP contribution >= 0.6 is 11.3 Å². The van der Waals surface area contributed by atoms with Crippen molar-refractivity contribution in [1.82, 2.24) is 4.98 Å². The minimum atomic E-state index is 0.625. The molecule has 1 aliphatic rings. The van der Waals surface area contributed by atoms with Gasteiger partial charge in [0.1, 0.15) is 0 Å². The van der Waals surface area contributed by atoms with Crippen LogP contribution < -0.4 is 14.9 Å². The lowest BCUT2D eigenvalue weighted by Gasteiger charge is -2.08. The molecule has 0 amide bonds. The number of benzene rings is 2. The maximum atomic E-state index is 8.81. The Kier molecular flexibility index (Phi) is 4.99. The molecule has 1 aromatic heterocycles. The third-order valence-electron chi connectivity index (χ3n) is 3.95. The number of hydrogen-bond acceptors (Lipinski definition) is 7. The molecule has 0 unspecified atom stereocenters. The quantitative estimate of drug-likeness (QED) is 0.543. The summed E-state index contributed by atoms with van der Waals surface area (Å²) in [7, 11) is 0. The molecule has 1 aliphatic heterocycles. The van der Waals surface area contributed by atoms with E-state index in [1.165, 1.54) is 11.3 Å². The molecule has 0 atom stereocenters. The van der Waals surface area contributed by atoms with Crippen LogP contribution in [0, 0.1) is 11.3 Å². The molecule has 0 saturated heterocycles. The molecular formula is C20H16N4O2S. The average Bonchev–Trinajstić information content (AvgIpc) is 3.05. The summed E-state index contributed by atoms with van der Waals surface area (Å²) in [5.74, 6) is 1.55. The van der Waals surface area contributed by atoms with Crippen molar-refractivity contribution in [2.45, 2.75) is 6.42 Å². The van der Waals surface area contributed by atoms with E-state index < -0.39 is 0 Å². The Morgan fingerprint density at radius 2 is 1.93 bits per heavy atom. The van der Waals surface area contributed by atoms with Gasteiger partial charge in [0.05, 0.1) is 35.9 Å². The van der Waals surface area contributed by atoms with Gasteiger partial charge in [-0.15, -0.1) is 0 Å². The van der Waals surface area contributed by atoms with Gasteiger partial charge in [-0.25, -0.2) is 4.98 Å². The molecule has 0 fully saturated rings. The third-order valence-corrected chi connectivity index (χ3v) is 4.90. The summed E-state index contributed by atoms with van der Waals surface area (Å²) in [5.41, 5.74) is 5.50. The van der Waals surface area contributed by atoms with Crippen molar-refractivity contribution in [2.75, 3.05) is 18.6 Å². The molecule has 134 valence electrons. The van der Waals surface area contributed by atoms with E-state index in [9.17, 15) is 0 Å². The monoisotopic (exact) mass is 376 g/mol. The standard InChI is InChI=1S/C20H16N4O2S/c21-11-14-2-4-15(5-3-14)12-23-24-20-22-13-19(27-20)16-6-7-17-18(10-16)26-9-1-8-25-17/h2-7,10,12-13H,1,8-9H2,(H,22,24). The number of ether oxygens (including phenoxy) is 2. The first kappa shape index (κ1) is 17.1. The summed E-state index contributed by atoms with van der Waals surface area (Å²) in [5, 5.41) is 13.7. The molecule has 1 N–H and O–H groups in total. The van der Waals surface area contributed by atoms with Crippen molar-refractivity contribution in [3.05, 3.63) is 59.8 Å². The number of thiazole rings is 1. The van der Waals surface area contributed by atoms with Gasteiger partial charge in [-0.3, -0.25) is 5.43 Å². The molecule has 2 aromatic carbocycles. The maximum absolute atomic E-state index is 8.81. The summed E-state index contributed by atoms with van der Waals surface area (Å²) >= 11 is 1.51. The topological polar surface area (TPSA) is 79.5 Å². The van der Waals surface area contributed by atoms with Crippen molar-refractivity contribution in [1.29, 1.82) is 5.26 Å². The Balaban J connectivity index is 1.44. The van der Waals surface area contributed by atoms with Gasteiger partial charge < -0.3 is 9.47 Å². The molecule has 0 spiro atoms. The number of nitrogens with zero attached hydrogens (tertiary/aromatic N) is 3. The molecule has 0 radical (unpaired) electrons. The van der Waals surface area contributed by atoms with Crippen molar-refractivity contribution in [2.24, 2.45) is 5.10 Å². The van der Waals surface area contributed by atoms with E-state index in [1.807, 2.05) is 36.5 Å². The first-order valence-electron chi connectivity index (χ1n) is 8.47. The van der Waals surface area contributed by atoms with Crippen molar-refractivity contribution in [3.63, 3.8) is 0 Å². The van der Waals surface area contributed by atoms with Crippen LogP contribution in [0.3, 0.4) is 0 Å². The van der Waals surface area contributed by atoms with Crippen LogP contribution in [0.15, 0.2) is 53.8 Å². The highest BCUT2D eigenvalue weighted by atomic mass is 32.1. The van der Waals surface area contributed by atoms with E-state index in [0.29, 0.717) is 23.9 Å². The van der Waals surface area contributed by atoms with E-state index >= 15 is 0 Å². The molecule has 3 aromatic rings. The summed E-state index contributed by atoms with van der Waals surface area (Å²) in [6, 6.07) is 15.2. The molecule has 4 rings (SSSR count). The fraction of sp³-hybridized carbons (Fsp3) is 0.150. The number of hydrazone groups is 1. The van der Waals surface area contributed by atoms with Gasteiger partial charge in [0, 0.05) is 12.6 Å². The minimum Gasteiger partial charge on any atom is -0.490 e. The van der Waals surface area contributed by atoms with Gasteiger partial charge >= 0.3 is 0 Å². The van der Waals surface area contributed by atoms with Crippen molar-refractivity contribution in [3.8, 4) is 28.0 Å². The second kappa shape index (κ2) is 7.89. The zero-order valence-electron chi connectivity index (χ0n) is 14.4. The molecular weight excluding hydrogens is 360 g/mol. The first-order valence-corrected chi connectivity index (χ1v) is 9.28. The lowest BCUT2D eigenvalue weighted by atomic mass is 10.2. The highest BCUT2D eigenvalue weighted by Crippen LogP contribution is 2.36. The van der Waals surface area contributed by atoms with Crippen LogP contribution in [0.1, 0.15) is 17.5 Å². The summed E-state index contributed by atoms with van der Waals surface area (Å²) in [6.45, 7) is 1.34. The Bertz CT molecular complexity index is 1010. The predicted molar refractivity (Wildman–Crippen MR) is 106 cm³/mol. The SMILES string of the molecule is N#Cc1ccc(C=NNc2ncc(-c3ccc4c(c3)OCCCO4)s2)cc1. The number of anilines is 1. The minimum absolute atomic E-state index is 0.625. The van der Waals surface area contributed by atoms with Crippen LogP contribution in [-0.4, -0.2) is 24.4 Å². The molecule has 2 heterocycles. The second-order valence-corrected chi connectivity index (χ2v) is 6.88. The molecule has 0 bridgehead atoms. The number of nitriles is 1. The average molecular weight is 376 g/mol. The summed E-state index contributed by atoms with van der Waals surface area (Å²) < 4.78 is 11.4. The Morgan fingerprint density at radius 1 is 1.11 bits per heavy atom. The van der Waals surface area contributed by atoms with Crippen molar-refractivity contribution >= 4 is 22.7 Å². The number of rotatable bonds is 4. The fourth-order valence-electron chi connectivity index (χ4n) is 2.58. The number of nitrogens with one attached hydrogen (secondary N) is 1. The van der Waals surface area contributed by atoms with Gasteiger partial charge in [-0.2, -0.15) is 10.4 Å². The van der Waals surface area contributed by atoms with E-state index in [4.69, 9.17) is 14.7 Å². The molecule has 0 saturated carbocycles. The molecule has 27 heavy (non-hydrogen) atoms. The van der Waals surface area contributed by atoms with Gasteiger partial charge in [0.15, 0.2) is 11.5 Å². The molecule has 7 heteroatoms. The van der Waals surface area contributed by atoms with Gasteiger partial charge in [-0.1, -0.05) is 23.5 Å².